The van der Waals surface area contributed by atoms with Gasteiger partial charge in [0.2, 0.25) is 0 Å². The number of fused-ring (bicyclic) bond motifs is 1. The fourth-order valence-corrected chi connectivity index (χ4v) is 2.26. The summed E-state index contributed by atoms with van der Waals surface area (Å²) in [5.74, 6) is 0. The molecule has 2 nitrogen and oxygen atoms in total. The summed E-state index contributed by atoms with van der Waals surface area (Å²) in [7, 11) is 1.89. The molecule has 0 radical (unpaired) electrons. The molecular weight excluding hydrogens is 220 g/mol. The Kier molecular flexibility index (Phi) is 2.39. The third kappa shape index (κ3) is 1.57. The molecule has 0 fully saturated rings. The fraction of sp³-hybridized carbons (Fsp3) is 0.0625. The van der Waals surface area contributed by atoms with Gasteiger partial charge in [-0.05, 0) is 28.5 Å². The Bertz CT molecular complexity index is 760. The van der Waals surface area contributed by atoms with E-state index in [1.807, 2.05) is 36.0 Å². The van der Waals surface area contributed by atoms with E-state index in [0.717, 1.165) is 11.1 Å². The molecule has 0 saturated carbocycles. The highest BCUT2D eigenvalue weighted by Gasteiger charge is 2.08. The molecule has 2 heteroatoms. The topological polar surface area (TPSA) is 28.7 Å². The third-order valence-electron chi connectivity index (χ3n) is 3.24. The molecule has 0 bridgehead atoms. The standard InChI is InChI=1S/C16H12N2/c1-18-9-8-15(16(18)11-17)14-7-6-12-4-2-3-5-13(12)10-14/h2-10H,1H3. The number of rotatable bonds is 1. The highest BCUT2D eigenvalue weighted by Crippen LogP contribution is 2.27. The van der Waals surface area contributed by atoms with E-state index in [4.69, 9.17) is 0 Å². The Labute approximate surface area is 106 Å². The van der Waals surface area contributed by atoms with Gasteiger partial charge in [-0.25, -0.2) is 0 Å². The van der Waals surface area contributed by atoms with E-state index in [1.54, 1.807) is 0 Å². The Morgan fingerprint density at radius 1 is 1.00 bits per heavy atom. The summed E-state index contributed by atoms with van der Waals surface area (Å²) in [4.78, 5) is 0. The quantitative estimate of drug-likeness (QED) is 0.628. The summed E-state index contributed by atoms with van der Waals surface area (Å²) >= 11 is 0. The zero-order chi connectivity index (χ0) is 12.5. The van der Waals surface area contributed by atoms with Gasteiger partial charge in [-0.1, -0.05) is 36.4 Å². The van der Waals surface area contributed by atoms with Crippen molar-refractivity contribution in [2.45, 2.75) is 0 Å². The molecule has 1 aromatic heterocycles. The Hall–Kier alpha value is -2.53. The van der Waals surface area contributed by atoms with Crippen molar-refractivity contribution in [1.29, 1.82) is 5.26 Å². The molecule has 3 rings (SSSR count). The molecule has 18 heavy (non-hydrogen) atoms. The molecule has 0 saturated heterocycles. The minimum Gasteiger partial charge on any atom is -0.342 e. The first-order chi connectivity index (χ1) is 8.79. The van der Waals surface area contributed by atoms with Crippen molar-refractivity contribution in [2.75, 3.05) is 0 Å². The molecule has 0 atom stereocenters. The SMILES string of the molecule is Cn1ccc(-c2ccc3ccccc3c2)c1C#N. The van der Waals surface area contributed by atoms with Gasteiger partial charge >= 0.3 is 0 Å². The number of hydrogen-bond acceptors (Lipinski definition) is 1. The lowest BCUT2D eigenvalue weighted by Crippen LogP contribution is -1.90. The Morgan fingerprint density at radius 3 is 2.56 bits per heavy atom. The summed E-state index contributed by atoms with van der Waals surface area (Å²) in [6.07, 6.45) is 1.92. The minimum absolute atomic E-state index is 0.699. The van der Waals surface area contributed by atoms with Crippen LogP contribution in [0.3, 0.4) is 0 Å². The molecule has 0 spiro atoms. The highest BCUT2D eigenvalue weighted by molar-refractivity contribution is 5.88. The van der Waals surface area contributed by atoms with Gasteiger partial charge in [0.25, 0.3) is 0 Å². The van der Waals surface area contributed by atoms with Gasteiger partial charge in [0, 0.05) is 18.8 Å². The van der Waals surface area contributed by atoms with Crippen molar-refractivity contribution in [3.8, 4) is 17.2 Å². The highest BCUT2D eigenvalue weighted by atomic mass is 14.9. The predicted octanol–water partition coefficient (Wildman–Crippen LogP) is 3.72. The van der Waals surface area contributed by atoms with E-state index in [-0.39, 0.29) is 0 Å². The molecule has 3 aromatic rings. The molecule has 0 aliphatic carbocycles. The van der Waals surface area contributed by atoms with Gasteiger partial charge in [0.15, 0.2) is 0 Å². The van der Waals surface area contributed by atoms with Crippen LogP contribution >= 0.6 is 0 Å². The van der Waals surface area contributed by atoms with Crippen molar-refractivity contribution in [3.63, 3.8) is 0 Å². The van der Waals surface area contributed by atoms with Crippen LogP contribution in [-0.2, 0) is 7.05 Å². The van der Waals surface area contributed by atoms with E-state index < -0.39 is 0 Å². The fourth-order valence-electron chi connectivity index (χ4n) is 2.26. The Balaban J connectivity index is 2.23. The number of benzene rings is 2. The van der Waals surface area contributed by atoms with Gasteiger partial charge in [0.05, 0.1) is 0 Å². The van der Waals surface area contributed by atoms with Crippen LogP contribution in [0.4, 0.5) is 0 Å². The van der Waals surface area contributed by atoms with Crippen molar-refractivity contribution in [3.05, 3.63) is 60.4 Å². The van der Waals surface area contributed by atoms with Crippen LogP contribution < -0.4 is 0 Å². The second kappa shape index (κ2) is 4.05. The minimum atomic E-state index is 0.699. The first-order valence-corrected chi connectivity index (χ1v) is 5.84. The molecule has 2 aromatic carbocycles. The van der Waals surface area contributed by atoms with E-state index >= 15 is 0 Å². The number of aromatic nitrogens is 1. The van der Waals surface area contributed by atoms with Gasteiger partial charge in [-0.15, -0.1) is 0 Å². The monoisotopic (exact) mass is 232 g/mol. The normalized spacial score (nSPS) is 10.4. The van der Waals surface area contributed by atoms with Crippen LogP contribution in [0.15, 0.2) is 54.7 Å². The molecule has 1 heterocycles. The van der Waals surface area contributed by atoms with Crippen LogP contribution in [0.2, 0.25) is 0 Å². The van der Waals surface area contributed by atoms with E-state index in [9.17, 15) is 5.26 Å². The lowest BCUT2D eigenvalue weighted by molar-refractivity contribution is 0.909. The van der Waals surface area contributed by atoms with Crippen molar-refractivity contribution in [1.82, 2.24) is 4.57 Å². The van der Waals surface area contributed by atoms with Crippen LogP contribution in [0.5, 0.6) is 0 Å². The number of aryl methyl sites for hydroxylation is 1. The number of hydrogen-bond donors (Lipinski definition) is 0. The molecule has 0 N–H and O–H groups in total. The number of nitrogens with zero attached hydrogens (tertiary/aromatic N) is 2. The smallest absolute Gasteiger partial charge is 0.127 e. The molecular formula is C16H12N2. The van der Waals surface area contributed by atoms with Crippen molar-refractivity contribution < 1.29 is 0 Å². The van der Waals surface area contributed by atoms with Gasteiger partial charge in [-0.2, -0.15) is 5.26 Å². The van der Waals surface area contributed by atoms with Gasteiger partial charge in [0.1, 0.15) is 11.8 Å². The zero-order valence-corrected chi connectivity index (χ0v) is 10.1. The maximum absolute atomic E-state index is 9.19. The number of nitriles is 1. The molecule has 0 unspecified atom stereocenters. The maximum Gasteiger partial charge on any atom is 0.127 e. The van der Waals surface area contributed by atoms with Crippen LogP contribution in [0.25, 0.3) is 21.9 Å². The van der Waals surface area contributed by atoms with E-state index in [1.165, 1.54) is 10.8 Å². The van der Waals surface area contributed by atoms with Crippen LogP contribution in [0, 0.1) is 11.3 Å². The summed E-state index contributed by atoms with van der Waals surface area (Å²) in [5, 5.41) is 11.6. The molecule has 0 aliphatic heterocycles. The summed E-state index contributed by atoms with van der Waals surface area (Å²) in [6, 6.07) is 18.8. The maximum atomic E-state index is 9.19. The average molecular weight is 232 g/mol. The summed E-state index contributed by atoms with van der Waals surface area (Å²) in [6.45, 7) is 0. The van der Waals surface area contributed by atoms with Gasteiger partial charge < -0.3 is 4.57 Å². The molecule has 0 aliphatic rings. The van der Waals surface area contributed by atoms with Crippen molar-refractivity contribution in [2.24, 2.45) is 7.05 Å². The molecule has 0 amide bonds. The van der Waals surface area contributed by atoms with Crippen molar-refractivity contribution >= 4 is 10.8 Å². The summed E-state index contributed by atoms with van der Waals surface area (Å²) < 4.78 is 1.85. The lowest BCUT2D eigenvalue weighted by atomic mass is 10.0. The molecule has 86 valence electrons. The Morgan fingerprint density at radius 2 is 1.78 bits per heavy atom. The summed E-state index contributed by atoms with van der Waals surface area (Å²) in [5.41, 5.74) is 2.78. The predicted molar refractivity (Wildman–Crippen MR) is 73.1 cm³/mol. The largest absolute Gasteiger partial charge is 0.342 e. The average Bonchev–Trinajstić information content (AvgIpc) is 2.79. The van der Waals surface area contributed by atoms with Crippen LogP contribution in [-0.4, -0.2) is 4.57 Å². The van der Waals surface area contributed by atoms with Gasteiger partial charge in [-0.3, -0.25) is 0 Å². The second-order valence-electron chi connectivity index (χ2n) is 4.36. The first kappa shape index (κ1) is 10.6. The lowest BCUT2D eigenvalue weighted by Gasteiger charge is -2.03. The van der Waals surface area contributed by atoms with E-state index in [2.05, 4.69) is 36.4 Å². The zero-order valence-electron chi connectivity index (χ0n) is 10.1. The van der Waals surface area contributed by atoms with E-state index in [0.29, 0.717) is 5.69 Å². The second-order valence-corrected chi connectivity index (χ2v) is 4.36. The first-order valence-electron chi connectivity index (χ1n) is 5.84. The third-order valence-corrected chi connectivity index (χ3v) is 3.24. The van der Waals surface area contributed by atoms with Crippen LogP contribution in [0.1, 0.15) is 5.69 Å².